The van der Waals surface area contributed by atoms with Crippen LogP contribution in [0.25, 0.3) is 0 Å². The van der Waals surface area contributed by atoms with Crippen LogP contribution in [0.15, 0.2) is 24.5 Å². The minimum absolute atomic E-state index is 0.0662. The highest BCUT2D eigenvalue weighted by Crippen LogP contribution is 2.33. The molecule has 134 valence electrons. The maximum absolute atomic E-state index is 13.1. The summed E-state index contributed by atoms with van der Waals surface area (Å²) >= 11 is 0. The van der Waals surface area contributed by atoms with Gasteiger partial charge in [0, 0.05) is 36.8 Å². The Morgan fingerprint density at radius 3 is 2.72 bits per heavy atom. The van der Waals surface area contributed by atoms with Gasteiger partial charge < -0.3 is 9.30 Å². The monoisotopic (exact) mass is 340 g/mol. The van der Waals surface area contributed by atoms with Crippen molar-refractivity contribution in [2.75, 3.05) is 6.61 Å². The molecule has 0 saturated carbocycles. The highest BCUT2D eigenvalue weighted by Gasteiger charge is 2.24. The van der Waals surface area contributed by atoms with E-state index in [1.165, 1.54) is 17.5 Å². The normalized spacial score (nSPS) is 14.8. The number of rotatable bonds is 7. The van der Waals surface area contributed by atoms with Crippen molar-refractivity contribution in [3.63, 3.8) is 0 Å². The number of fused-ring (bicyclic) bond motifs is 1. The number of nitrogens with zero attached hydrogens (tertiary/aromatic N) is 2. The van der Waals surface area contributed by atoms with Crippen LogP contribution in [-0.2, 0) is 25.8 Å². The fourth-order valence-corrected chi connectivity index (χ4v) is 3.82. The lowest BCUT2D eigenvalue weighted by molar-refractivity contribution is 0.0916. The zero-order chi connectivity index (χ0) is 17.8. The van der Waals surface area contributed by atoms with Crippen molar-refractivity contribution in [3.8, 4) is 5.75 Å². The second-order valence-corrected chi connectivity index (χ2v) is 6.82. The van der Waals surface area contributed by atoms with Gasteiger partial charge in [0.25, 0.3) is 0 Å². The average Bonchev–Trinajstić information content (AvgIpc) is 3.08. The van der Waals surface area contributed by atoms with Crippen LogP contribution in [0.5, 0.6) is 5.75 Å². The fraction of sp³-hybridized carbons (Fsp3) is 0.524. The molecule has 1 atom stereocenters. The van der Waals surface area contributed by atoms with Gasteiger partial charge in [-0.15, -0.1) is 0 Å². The van der Waals surface area contributed by atoms with Gasteiger partial charge in [0.05, 0.1) is 6.61 Å². The van der Waals surface area contributed by atoms with Gasteiger partial charge in [-0.3, -0.25) is 4.79 Å². The first-order chi connectivity index (χ1) is 12.2. The maximum atomic E-state index is 13.1. The summed E-state index contributed by atoms with van der Waals surface area (Å²) in [6.45, 7) is 7.47. The molecule has 1 aromatic carbocycles. The molecule has 0 bridgehead atoms. The number of carbonyl (C=O) groups is 1. The lowest BCUT2D eigenvalue weighted by Gasteiger charge is -2.23. The van der Waals surface area contributed by atoms with Crippen molar-refractivity contribution in [2.45, 2.75) is 59.4 Å². The summed E-state index contributed by atoms with van der Waals surface area (Å²) in [6, 6.07) is 3.96. The third-order valence-corrected chi connectivity index (χ3v) is 5.09. The van der Waals surface area contributed by atoms with Gasteiger partial charge in [-0.2, -0.15) is 0 Å². The van der Waals surface area contributed by atoms with Crippen LogP contribution >= 0.6 is 0 Å². The molecular formula is C21H28N2O2. The summed E-state index contributed by atoms with van der Waals surface area (Å²) in [5.74, 6) is 2.16. The molecule has 0 saturated heterocycles. The van der Waals surface area contributed by atoms with Gasteiger partial charge in [0.1, 0.15) is 11.6 Å². The molecule has 3 rings (SSSR count). The van der Waals surface area contributed by atoms with Crippen molar-refractivity contribution >= 4 is 5.78 Å². The second-order valence-electron chi connectivity index (χ2n) is 6.82. The van der Waals surface area contributed by atoms with Crippen LogP contribution in [0, 0.1) is 5.92 Å². The Morgan fingerprint density at radius 2 is 2.00 bits per heavy atom. The SMILES string of the molecule is CCOc1ccc(C(=O)C(C)Cn2ccnc2CC)c2c1CCCC2. The van der Waals surface area contributed by atoms with E-state index >= 15 is 0 Å². The highest BCUT2D eigenvalue weighted by atomic mass is 16.5. The van der Waals surface area contributed by atoms with E-state index < -0.39 is 0 Å². The van der Waals surface area contributed by atoms with Crippen LogP contribution in [0.4, 0.5) is 0 Å². The lowest BCUT2D eigenvalue weighted by atomic mass is 9.84. The molecule has 0 fully saturated rings. The number of imidazole rings is 1. The number of Topliss-reactive ketones (excluding diaryl/α,β-unsaturated/α-hetero) is 1. The van der Waals surface area contributed by atoms with E-state index in [2.05, 4.69) is 16.5 Å². The van der Waals surface area contributed by atoms with E-state index in [0.29, 0.717) is 13.2 Å². The first-order valence-electron chi connectivity index (χ1n) is 9.47. The second kappa shape index (κ2) is 7.85. The molecule has 1 aliphatic carbocycles. The predicted molar refractivity (Wildman–Crippen MR) is 99.4 cm³/mol. The standard InChI is InChI=1S/C21H28N2O2/c1-4-20-22-12-13-23(20)14-15(3)21(24)18-10-11-19(25-5-2)17-9-7-6-8-16(17)18/h10-13,15H,4-9,14H2,1-3H3. The quantitative estimate of drug-likeness (QED) is 0.708. The summed E-state index contributed by atoms with van der Waals surface area (Å²) in [5.41, 5.74) is 3.36. The molecule has 25 heavy (non-hydrogen) atoms. The Hall–Kier alpha value is -2.10. The van der Waals surface area contributed by atoms with Crippen molar-refractivity contribution in [1.29, 1.82) is 0 Å². The largest absolute Gasteiger partial charge is 0.494 e. The molecule has 0 amide bonds. The summed E-state index contributed by atoms with van der Waals surface area (Å²) in [7, 11) is 0. The molecular weight excluding hydrogens is 312 g/mol. The number of aromatic nitrogens is 2. The van der Waals surface area contributed by atoms with Crippen molar-refractivity contribution in [1.82, 2.24) is 9.55 Å². The summed E-state index contributed by atoms with van der Waals surface area (Å²) in [6.07, 6.45) is 8.99. The summed E-state index contributed by atoms with van der Waals surface area (Å²) in [5, 5.41) is 0. The van der Waals surface area contributed by atoms with E-state index in [1.807, 2.05) is 38.4 Å². The molecule has 0 aliphatic heterocycles. The zero-order valence-corrected chi connectivity index (χ0v) is 15.5. The Morgan fingerprint density at radius 1 is 1.24 bits per heavy atom. The first kappa shape index (κ1) is 17.7. The molecule has 1 unspecified atom stereocenters. The minimum Gasteiger partial charge on any atom is -0.494 e. The van der Waals surface area contributed by atoms with E-state index in [9.17, 15) is 4.79 Å². The van der Waals surface area contributed by atoms with Crippen LogP contribution in [0.3, 0.4) is 0 Å². The van der Waals surface area contributed by atoms with Gasteiger partial charge >= 0.3 is 0 Å². The minimum atomic E-state index is -0.0662. The molecule has 1 aliphatic rings. The van der Waals surface area contributed by atoms with E-state index in [1.54, 1.807) is 0 Å². The van der Waals surface area contributed by atoms with Crippen LogP contribution < -0.4 is 4.74 Å². The molecule has 1 heterocycles. The molecule has 4 heteroatoms. The molecule has 4 nitrogen and oxygen atoms in total. The molecule has 0 radical (unpaired) electrons. The Bertz CT molecular complexity index is 748. The molecule has 2 aromatic rings. The fourth-order valence-electron chi connectivity index (χ4n) is 3.82. The smallest absolute Gasteiger partial charge is 0.167 e. The number of carbonyl (C=O) groups excluding carboxylic acids is 1. The third-order valence-electron chi connectivity index (χ3n) is 5.09. The number of ketones is 1. The van der Waals surface area contributed by atoms with E-state index in [0.717, 1.165) is 42.8 Å². The summed E-state index contributed by atoms with van der Waals surface area (Å²) < 4.78 is 7.89. The third kappa shape index (κ3) is 3.63. The zero-order valence-electron chi connectivity index (χ0n) is 15.5. The van der Waals surface area contributed by atoms with E-state index in [-0.39, 0.29) is 11.7 Å². The first-order valence-corrected chi connectivity index (χ1v) is 9.47. The van der Waals surface area contributed by atoms with Crippen molar-refractivity contribution in [2.24, 2.45) is 5.92 Å². The van der Waals surface area contributed by atoms with Crippen molar-refractivity contribution < 1.29 is 9.53 Å². The maximum Gasteiger partial charge on any atom is 0.167 e. The number of benzene rings is 1. The Labute approximate surface area is 150 Å². The van der Waals surface area contributed by atoms with Gasteiger partial charge in [0.15, 0.2) is 5.78 Å². The van der Waals surface area contributed by atoms with Gasteiger partial charge in [0.2, 0.25) is 0 Å². The number of aryl methyl sites for hydroxylation is 1. The van der Waals surface area contributed by atoms with Crippen LogP contribution in [-0.4, -0.2) is 21.9 Å². The Kier molecular flexibility index (Phi) is 5.57. The van der Waals surface area contributed by atoms with E-state index in [4.69, 9.17) is 4.74 Å². The molecule has 0 spiro atoms. The van der Waals surface area contributed by atoms with Crippen LogP contribution in [0.2, 0.25) is 0 Å². The number of hydrogen-bond acceptors (Lipinski definition) is 3. The van der Waals surface area contributed by atoms with Gasteiger partial charge in [-0.1, -0.05) is 13.8 Å². The highest BCUT2D eigenvalue weighted by molar-refractivity contribution is 5.99. The predicted octanol–water partition coefficient (Wildman–Crippen LogP) is 4.24. The number of hydrogen-bond donors (Lipinski definition) is 0. The van der Waals surface area contributed by atoms with Crippen molar-refractivity contribution in [3.05, 3.63) is 47.0 Å². The molecule has 1 aromatic heterocycles. The van der Waals surface area contributed by atoms with Gasteiger partial charge in [-0.25, -0.2) is 4.98 Å². The van der Waals surface area contributed by atoms with Crippen LogP contribution in [0.1, 0.15) is 60.9 Å². The number of ether oxygens (including phenoxy) is 1. The topological polar surface area (TPSA) is 44.1 Å². The van der Waals surface area contributed by atoms with Gasteiger partial charge in [-0.05, 0) is 55.9 Å². The summed E-state index contributed by atoms with van der Waals surface area (Å²) in [4.78, 5) is 17.5. The molecule has 0 N–H and O–H groups in total. The Balaban J connectivity index is 1.86. The average molecular weight is 340 g/mol. The lowest BCUT2D eigenvalue weighted by Crippen LogP contribution is -2.21.